The fraction of sp³-hybridized carbons (Fsp3) is 0.769. The molecule has 0 bridgehead atoms. The fourth-order valence-electron chi connectivity index (χ4n) is 1.86. The van der Waals surface area contributed by atoms with Gasteiger partial charge in [0.15, 0.2) is 0 Å². The molecule has 0 N–H and O–H groups in total. The van der Waals surface area contributed by atoms with Crippen LogP contribution in [0.2, 0.25) is 0 Å². The van der Waals surface area contributed by atoms with Crippen molar-refractivity contribution in [2.75, 3.05) is 0 Å². The second kappa shape index (κ2) is 5.50. The molecule has 0 aromatic rings. The van der Waals surface area contributed by atoms with Crippen molar-refractivity contribution in [3.05, 3.63) is 0 Å². The number of carbonyl (C=O) groups excluding carboxylic acids is 3. The molecule has 2 amide bonds. The molecule has 0 aromatic heterocycles. The lowest BCUT2D eigenvalue weighted by Crippen LogP contribution is -2.48. The first kappa shape index (κ1) is 14.7. The van der Waals surface area contributed by atoms with Gasteiger partial charge in [0.2, 0.25) is 11.8 Å². The second-order valence-electron chi connectivity index (χ2n) is 5.57. The summed E-state index contributed by atoms with van der Waals surface area (Å²) in [4.78, 5) is 36.6. The Hall–Kier alpha value is -1.39. The molecule has 1 aliphatic rings. The highest BCUT2D eigenvalue weighted by Gasteiger charge is 2.34. The van der Waals surface area contributed by atoms with Crippen molar-refractivity contribution in [2.45, 2.75) is 65.0 Å². The predicted molar refractivity (Wildman–Crippen MR) is 65.6 cm³/mol. The molecule has 1 rings (SSSR count). The molecule has 1 aliphatic heterocycles. The molecule has 0 spiro atoms. The standard InChI is InChI=1S/C13H21NO4/c1-9(12(17)18-13(2,3)4)14-10(15)7-5-6-8-11(14)16/h9H,5-8H2,1-4H3. The van der Waals surface area contributed by atoms with E-state index in [2.05, 4.69) is 0 Å². The summed E-state index contributed by atoms with van der Waals surface area (Å²) in [6.45, 7) is 6.80. The molecule has 1 atom stereocenters. The predicted octanol–water partition coefficient (Wildman–Crippen LogP) is 1.65. The number of amides is 2. The zero-order chi connectivity index (χ0) is 13.9. The summed E-state index contributed by atoms with van der Waals surface area (Å²) >= 11 is 0. The first-order valence-corrected chi connectivity index (χ1v) is 6.30. The van der Waals surface area contributed by atoms with E-state index in [-0.39, 0.29) is 11.8 Å². The quantitative estimate of drug-likeness (QED) is 0.556. The van der Waals surface area contributed by atoms with Gasteiger partial charge in [0.1, 0.15) is 11.6 Å². The van der Waals surface area contributed by atoms with E-state index < -0.39 is 17.6 Å². The van der Waals surface area contributed by atoms with E-state index in [0.717, 1.165) is 4.90 Å². The third-order valence-corrected chi connectivity index (χ3v) is 2.70. The van der Waals surface area contributed by atoms with Crippen LogP contribution >= 0.6 is 0 Å². The summed E-state index contributed by atoms with van der Waals surface area (Å²) in [5.74, 6) is -1.10. The van der Waals surface area contributed by atoms with Gasteiger partial charge >= 0.3 is 5.97 Å². The fourth-order valence-corrected chi connectivity index (χ4v) is 1.86. The molecule has 0 radical (unpaired) electrons. The largest absolute Gasteiger partial charge is 0.458 e. The number of esters is 1. The van der Waals surface area contributed by atoms with Gasteiger partial charge in [-0.3, -0.25) is 14.5 Å². The maximum absolute atomic E-state index is 11.9. The minimum Gasteiger partial charge on any atom is -0.458 e. The molecule has 0 saturated carbocycles. The topological polar surface area (TPSA) is 63.7 Å². The molecular weight excluding hydrogens is 234 g/mol. The Morgan fingerprint density at radius 1 is 1.17 bits per heavy atom. The van der Waals surface area contributed by atoms with E-state index in [1.807, 2.05) is 0 Å². The minimum atomic E-state index is -0.845. The highest BCUT2D eigenvalue weighted by molar-refractivity contribution is 5.99. The summed E-state index contributed by atoms with van der Waals surface area (Å²) in [6.07, 6.45) is 2.03. The highest BCUT2D eigenvalue weighted by Crippen LogP contribution is 2.18. The number of ether oxygens (including phenoxy) is 1. The Morgan fingerprint density at radius 2 is 1.61 bits per heavy atom. The van der Waals surface area contributed by atoms with Gasteiger partial charge in [-0.2, -0.15) is 0 Å². The van der Waals surface area contributed by atoms with Gasteiger partial charge in [-0.15, -0.1) is 0 Å². The SMILES string of the molecule is CC(C(=O)OC(C)(C)C)N1C(=O)CCCCC1=O. The molecule has 5 nitrogen and oxygen atoms in total. The smallest absolute Gasteiger partial charge is 0.329 e. The zero-order valence-electron chi connectivity index (χ0n) is 11.5. The lowest BCUT2D eigenvalue weighted by atomic mass is 10.2. The number of hydrogen-bond donors (Lipinski definition) is 0. The average molecular weight is 255 g/mol. The Morgan fingerprint density at radius 3 is 2.00 bits per heavy atom. The number of hydrogen-bond acceptors (Lipinski definition) is 4. The van der Waals surface area contributed by atoms with Gasteiger partial charge < -0.3 is 4.74 Å². The molecule has 1 saturated heterocycles. The number of imide groups is 1. The van der Waals surface area contributed by atoms with Crippen LogP contribution in [0, 0.1) is 0 Å². The Bertz CT molecular complexity index is 338. The van der Waals surface area contributed by atoms with Crippen molar-refractivity contribution < 1.29 is 19.1 Å². The van der Waals surface area contributed by atoms with E-state index in [9.17, 15) is 14.4 Å². The summed E-state index contributed by atoms with van der Waals surface area (Å²) < 4.78 is 5.21. The lowest BCUT2D eigenvalue weighted by molar-refractivity contribution is -0.167. The van der Waals surface area contributed by atoms with Crippen LogP contribution in [-0.4, -0.2) is 34.3 Å². The van der Waals surface area contributed by atoms with Gasteiger partial charge in [-0.1, -0.05) is 0 Å². The molecule has 102 valence electrons. The molecule has 1 heterocycles. The van der Waals surface area contributed by atoms with Gasteiger partial charge in [-0.25, -0.2) is 4.79 Å². The number of likely N-dealkylation sites (tertiary alicyclic amines) is 1. The van der Waals surface area contributed by atoms with Crippen LogP contribution in [0.4, 0.5) is 0 Å². The van der Waals surface area contributed by atoms with Gasteiger partial charge in [-0.05, 0) is 40.5 Å². The first-order valence-electron chi connectivity index (χ1n) is 6.30. The van der Waals surface area contributed by atoms with Gasteiger partial charge in [0.05, 0.1) is 0 Å². The van der Waals surface area contributed by atoms with Crippen molar-refractivity contribution in [2.24, 2.45) is 0 Å². The van der Waals surface area contributed by atoms with Crippen molar-refractivity contribution in [3.63, 3.8) is 0 Å². The molecule has 1 fully saturated rings. The molecule has 5 heteroatoms. The average Bonchev–Trinajstić information content (AvgIpc) is 2.36. The van der Waals surface area contributed by atoms with Crippen molar-refractivity contribution in [1.82, 2.24) is 4.90 Å². The number of rotatable bonds is 2. The van der Waals surface area contributed by atoms with Crippen LogP contribution in [0.5, 0.6) is 0 Å². The Balaban J connectivity index is 2.79. The van der Waals surface area contributed by atoms with Crippen molar-refractivity contribution in [3.8, 4) is 0 Å². The second-order valence-corrected chi connectivity index (χ2v) is 5.57. The summed E-state index contributed by atoms with van der Waals surface area (Å²) in [5.41, 5.74) is -0.622. The van der Waals surface area contributed by atoms with Crippen LogP contribution in [-0.2, 0) is 19.1 Å². The highest BCUT2D eigenvalue weighted by atomic mass is 16.6. The molecule has 0 aromatic carbocycles. The van der Waals surface area contributed by atoms with Crippen molar-refractivity contribution in [1.29, 1.82) is 0 Å². The van der Waals surface area contributed by atoms with Gasteiger partial charge in [0, 0.05) is 12.8 Å². The lowest BCUT2D eigenvalue weighted by Gasteiger charge is -2.28. The third kappa shape index (κ3) is 3.82. The maximum atomic E-state index is 11.9. The molecular formula is C13H21NO4. The Kier molecular flexibility index (Phi) is 4.48. The van der Waals surface area contributed by atoms with E-state index in [1.165, 1.54) is 6.92 Å². The zero-order valence-corrected chi connectivity index (χ0v) is 11.5. The molecule has 18 heavy (non-hydrogen) atoms. The van der Waals surface area contributed by atoms with E-state index in [1.54, 1.807) is 20.8 Å². The van der Waals surface area contributed by atoms with Crippen LogP contribution < -0.4 is 0 Å². The molecule has 0 aliphatic carbocycles. The van der Waals surface area contributed by atoms with E-state index in [4.69, 9.17) is 4.74 Å². The van der Waals surface area contributed by atoms with E-state index >= 15 is 0 Å². The van der Waals surface area contributed by atoms with Crippen LogP contribution in [0.1, 0.15) is 53.4 Å². The van der Waals surface area contributed by atoms with Crippen LogP contribution in [0.3, 0.4) is 0 Å². The Labute approximate surface area is 107 Å². The van der Waals surface area contributed by atoms with Crippen molar-refractivity contribution >= 4 is 17.8 Å². The monoisotopic (exact) mass is 255 g/mol. The minimum absolute atomic E-state index is 0.282. The normalized spacial score (nSPS) is 19.4. The number of nitrogens with zero attached hydrogens (tertiary/aromatic N) is 1. The maximum Gasteiger partial charge on any atom is 0.329 e. The third-order valence-electron chi connectivity index (χ3n) is 2.70. The van der Waals surface area contributed by atoms with Gasteiger partial charge in [0.25, 0.3) is 0 Å². The summed E-state index contributed by atoms with van der Waals surface area (Å²) in [5, 5.41) is 0. The summed E-state index contributed by atoms with van der Waals surface area (Å²) in [6, 6.07) is -0.845. The van der Waals surface area contributed by atoms with E-state index in [0.29, 0.717) is 25.7 Å². The van der Waals surface area contributed by atoms with Crippen LogP contribution in [0.15, 0.2) is 0 Å². The molecule has 1 unspecified atom stereocenters. The van der Waals surface area contributed by atoms with Crippen LogP contribution in [0.25, 0.3) is 0 Å². The first-order chi connectivity index (χ1) is 8.22. The number of carbonyl (C=O) groups is 3. The summed E-state index contributed by atoms with van der Waals surface area (Å²) in [7, 11) is 0.